The van der Waals surface area contributed by atoms with Crippen molar-refractivity contribution in [1.82, 2.24) is 21.3 Å². The average Bonchev–Trinajstić information content (AvgIpc) is 2.86. The fraction of sp³-hybridized carbons (Fsp3) is 0.762. The number of aliphatic carboxylic acids is 1. The third kappa shape index (κ3) is 10.4. The first-order valence-corrected chi connectivity index (χ1v) is 11.8. The second-order valence-electron chi connectivity index (χ2n) is 8.59. The molecule has 4 unspecified atom stereocenters. The van der Waals surface area contributed by atoms with Gasteiger partial charge in [0.15, 0.2) is 6.10 Å². The first kappa shape index (κ1) is 33.1. The van der Waals surface area contributed by atoms with Gasteiger partial charge in [-0.1, -0.05) is 0 Å². The number of rotatable bonds is 14. The molecule has 1 saturated heterocycles. The molecule has 0 aromatic carbocycles. The topological polar surface area (TPSA) is 279 Å². The van der Waals surface area contributed by atoms with E-state index in [9.17, 15) is 39.3 Å². The molecule has 11 N–H and O–H groups in total. The standard InChI is InChI=1S/C21H37N5O12/c1-9(19(34)25-11(17(22)33)3-4-14(30)31)24-20(35)10(2)38-16-15(32)13(8-28)37-6-5-23-18(16)26-21(36)12(29)7-27/h9-13,15-16,18,23,27-29,32H,3-8H2,1-2H3,(H2,22,33)(H,24,35)(H,25,34)(H,26,36)(H,30,31)/t9-,10+,11+,12+,13?,15?,16?,18?/m0/s1. The van der Waals surface area contributed by atoms with E-state index in [0.717, 1.165) is 0 Å². The zero-order chi connectivity index (χ0) is 29.0. The van der Waals surface area contributed by atoms with Gasteiger partial charge in [0.2, 0.25) is 17.7 Å². The van der Waals surface area contributed by atoms with E-state index >= 15 is 0 Å². The van der Waals surface area contributed by atoms with Gasteiger partial charge in [0.25, 0.3) is 5.91 Å². The Kier molecular flexibility index (Phi) is 14.0. The number of primary amides is 1. The summed E-state index contributed by atoms with van der Waals surface area (Å²) < 4.78 is 11.0. The molecule has 17 nitrogen and oxygen atoms in total. The molecule has 1 heterocycles. The van der Waals surface area contributed by atoms with Gasteiger partial charge in [0.05, 0.1) is 19.8 Å². The monoisotopic (exact) mass is 551 g/mol. The highest BCUT2D eigenvalue weighted by molar-refractivity contribution is 5.92. The van der Waals surface area contributed by atoms with Crippen molar-refractivity contribution in [2.24, 2.45) is 5.73 Å². The van der Waals surface area contributed by atoms with Gasteiger partial charge >= 0.3 is 5.97 Å². The van der Waals surface area contributed by atoms with Crippen LogP contribution in [-0.2, 0) is 33.4 Å². The summed E-state index contributed by atoms with van der Waals surface area (Å²) in [5.41, 5.74) is 5.19. The minimum Gasteiger partial charge on any atom is -0.481 e. The molecule has 0 aliphatic carbocycles. The molecular formula is C21H37N5O12. The van der Waals surface area contributed by atoms with Crippen molar-refractivity contribution in [3.63, 3.8) is 0 Å². The lowest BCUT2D eigenvalue weighted by Crippen LogP contribution is -2.64. The zero-order valence-electron chi connectivity index (χ0n) is 21.0. The molecule has 17 heteroatoms. The number of carboxylic acids is 1. The highest BCUT2D eigenvalue weighted by Crippen LogP contribution is 2.16. The highest BCUT2D eigenvalue weighted by Gasteiger charge is 2.40. The molecule has 38 heavy (non-hydrogen) atoms. The molecule has 0 spiro atoms. The number of aliphatic hydroxyl groups is 4. The predicted octanol–water partition coefficient (Wildman–Crippen LogP) is -5.76. The number of carbonyl (C=O) groups excluding carboxylic acids is 4. The van der Waals surface area contributed by atoms with E-state index < -0.39 is 98.0 Å². The fourth-order valence-corrected chi connectivity index (χ4v) is 3.38. The normalized spacial score (nSPS) is 25.0. The van der Waals surface area contributed by atoms with Crippen molar-refractivity contribution in [3.05, 3.63) is 0 Å². The van der Waals surface area contributed by atoms with Gasteiger partial charge in [0, 0.05) is 13.0 Å². The molecule has 1 rings (SSSR count). The van der Waals surface area contributed by atoms with Crippen molar-refractivity contribution in [2.45, 2.75) is 75.5 Å². The highest BCUT2D eigenvalue weighted by atomic mass is 16.5. The smallest absolute Gasteiger partial charge is 0.303 e. The second kappa shape index (κ2) is 16.1. The second-order valence-corrected chi connectivity index (χ2v) is 8.59. The summed E-state index contributed by atoms with van der Waals surface area (Å²) in [6.45, 7) is 1.22. The molecule has 0 radical (unpaired) electrons. The number of carbonyl (C=O) groups is 5. The van der Waals surface area contributed by atoms with Crippen molar-refractivity contribution in [3.8, 4) is 0 Å². The molecule has 0 aromatic heterocycles. The Morgan fingerprint density at radius 1 is 1.11 bits per heavy atom. The van der Waals surface area contributed by atoms with Crippen LogP contribution in [0.25, 0.3) is 0 Å². The number of hydrogen-bond donors (Lipinski definition) is 10. The third-order valence-electron chi connectivity index (χ3n) is 5.59. The molecule has 218 valence electrons. The number of amides is 4. The molecule has 1 fully saturated rings. The maximum atomic E-state index is 12.7. The molecule has 0 aromatic rings. The van der Waals surface area contributed by atoms with Crippen LogP contribution in [-0.4, -0.2) is 130 Å². The van der Waals surface area contributed by atoms with Crippen molar-refractivity contribution in [1.29, 1.82) is 0 Å². The average molecular weight is 552 g/mol. The summed E-state index contributed by atoms with van der Waals surface area (Å²) in [5.74, 6) is -4.82. The van der Waals surface area contributed by atoms with Crippen molar-refractivity contribution < 1.29 is 59.0 Å². The third-order valence-corrected chi connectivity index (χ3v) is 5.59. The van der Waals surface area contributed by atoms with E-state index in [1.807, 2.05) is 0 Å². The van der Waals surface area contributed by atoms with Gasteiger partial charge in [-0.05, 0) is 20.3 Å². The Bertz CT molecular complexity index is 830. The quantitative estimate of drug-likeness (QED) is 0.0964. The van der Waals surface area contributed by atoms with E-state index in [-0.39, 0.29) is 19.6 Å². The lowest BCUT2D eigenvalue weighted by atomic mass is 10.0. The number of ether oxygens (including phenoxy) is 2. The molecule has 1 aliphatic heterocycles. The van der Waals surface area contributed by atoms with Crippen molar-refractivity contribution in [2.75, 3.05) is 26.4 Å². The molecular weight excluding hydrogens is 514 g/mol. The van der Waals surface area contributed by atoms with E-state index in [1.165, 1.54) is 13.8 Å². The van der Waals surface area contributed by atoms with Crippen LogP contribution < -0.4 is 27.0 Å². The summed E-state index contributed by atoms with van der Waals surface area (Å²) in [4.78, 5) is 59.5. The van der Waals surface area contributed by atoms with Crippen LogP contribution >= 0.6 is 0 Å². The first-order chi connectivity index (χ1) is 17.8. The van der Waals surface area contributed by atoms with Crippen LogP contribution in [0.5, 0.6) is 0 Å². The zero-order valence-corrected chi connectivity index (χ0v) is 21.0. The number of aliphatic hydroxyl groups excluding tert-OH is 4. The van der Waals surface area contributed by atoms with Gasteiger partial charge in [-0.15, -0.1) is 0 Å². The van der Waals surface area contributed by atoms with Crippen molar-refractivity contribution >= 4 is 29.6 Å². The largest absolute Gasteiger partial charge is 0.481 e. The van der Waals surface area contributed by atoms with Gasteiger partial charge in [-0.25, -0.2) is 0 Å². The van der Waals surface area contributed by atoms with Gasteiger partial charge in [-0.3, -0.25) is 29.3 Å². The van der Waals surface area contributed by atoms with E-state index in [1.54, 1.807) is 0 Å². The van der Waals surface area contributed by atoms with Crippen LogP contribution in [0.4, 0.5) is 0 Å². The maximum Gasteiger partial charge on any atom is 0.303 e. The lowest BCUT2D eigenvalue weighted by molar-refractivity contribution is -0.171. The Balaban J connectivity index is 2.93. The molecule has 1 aliphatic rings. The molecule has 4 amide bonds. The summed E-state index contributed by atoms with van der Waals surface area (Å²) in [6, 6.07) is -2.50. The number of carboxylic acid groups (broad SMARTS) is 1. The summed E-state index contributed by atoms with van der Waals surface area (Å²) >= 11 is 0. The number of nitrogens with two attached hydrogens (primary N) is 1. The Morgan fingerprint density at radius 2 is 1.76 bits per heavy atom. The van der Waals surface area contributed by atoms with Gasteiger partial charge in [0.1, 0.15) is 42.7 Å². The van der Waals surface area contributed by atoms with Crippen LogP contribution in [0, 0.1) is 0 Å². The lowest BCUT2D eigenvalue weighted by Gasteiger charge is -2.38. The molecule has 0 bridgehead atoms. The fourth-order valence-electron chi connectivity index (χ4n) is 3.38. The van der Waals surface area contributed by atoms with Gasteiger partial charge in [-0.2, -0.15) is 0 Å². The number of nitrogens with one attached hydrogen (secondary N) is 4. The minimum absolute atomic E-state index is 0.0331. The maximum absolute atomic E-state index is 12.7. The van der Waals surface area contributed by atoms with Crippen LogP contribution in [0.3, 0.4) is 0 Å². The van der Waals surface area contributed by atoms with Gasteiger partial charge < -0.3 is 56.7 Å². The Labute approximate surface area is 218 Å². The van der Waals surface area contributed by atoms with Crippen LogP contribution in [0.2, 0.25) is 0 Å². The van der Waals surface area contributed by atoms with E-state index in [0.29, 0.717) is 0 Å². The summed E-state index contributed by atoms with van der Waals surface area (Å²) in [5, 5.41) is 57.5. The van der Waals surface area contributed by atoms with E-state index in [2.05, 4.69) is 21.3 Å². The molecule has 0 saturated carbocycles. The first-order valence-electron chi connectivity index (χ1n) is 11.8. The van der Waals surface area contributed by atoms with E-state index in [4.69, 9.17) is 25.4 Å². The number of hydrogen-bond acceptors (Lipinski definition) is 12. The SMILES string of the molecule is C[C@H](NC(=O)[C@@H](C)OC1C(NC(=O)[C@H](O)CO)NCCOC(CO)C1O)C(=O)N[C@H](CCC(=O)O)C(N)=O. The Morgan fingerprint density at radius 3 is 2.32 bits per heavy atom. The predicted molar refractivity (Wildman–Crippen MR) is 126 cm³/mol. The summed E-state index contributed by atoms with van der Waals surface area (Å²) in [7, 11) is 0. The minimum atomic E-state index is -1.77. The van der Waals surface area contributed by atoms with Crippen LogP contribution in [0.1, 0.15) is 26.7 Å². The summed E-state index contributed by atoms with van der Waals surface area (Å²) in [6.07, 6.45) is -9.15. The van der Waals surface area contributed by atoms with Crippen LogP contribution in [0.15, 0.2) is 0 Å². The molecule has 8 atom stereocenters. The Hall–Kier alpha value is -2.93.